The molecule has 1 aliphatic heterocycles. The van der Waals surface area contributed by atoms with E-state index in [1.54, 1.807) is 14.0 Å². The van der Waals surface area contributed by atoms with E-state index in [2.05, 4.69) is 10.6 Å². The Bertz CT molecular complexity index is 296. The van der Waals surface area contributed by atoms with Gasteiger partial charge in [-0.15, -0.1) is 0 Å². The van der Waals surface area contributed by atoms with Gasteiger partial charge in [0.1, 0.15) is 0 Å². The van der Waals surface area contributed by atoms with Crippen molar-refractivity contribution in [3.05, 3.63) is 0 Å². The van der Waals surface area contributed by atoms with Crippen LogP contribution in [0, 0.1) is 5.92 Å². The average molecular weight is 258 g/mol. The van der Waals surface area contributed by atoms with Crippen LogP contribution in [0.2, 0.25) is 0 Å². The van der Waals surface area contributed by atoms with Crippen molar-refractivity contribution in [2.45, 2.75) is 38.3 Å². The topological polar surface area (TPSA) is 87.7 Å². The molecule has 3 N–H and O–H groups in total. The molecule has 1 heterocycles. The summed E-state index contributed by atoms with van der Waals surface area (Å²) in [5.74, 6) is -1.18. The van der Waals surface area contributed by atoms with Gasteiger partial charge in [-0.25, -0.2) is 0 Å². The maximum absolute atomic E-state index is 11.7. The van der Waals surface area contributed by atoms with E-state index in [4.69, 9.17) is 9.84 Å². The van der Waals surface area contributed by atoms with Crippen LogP contribution in [0.4, 0.5) is 0 Å². The summed E-state index contributed by atoms with van der Waals surface area (Å²) in [4.78, 5) is 22.3. The third-order valence-corrected chi connectivity index (χ3v) is 3.28. The number of amides is 1. The fraction of sp³-hybridized carbons (Fsp3) is 0.833. The lowest BCUT2D eigenvalue weighted by Crippen LogP contribution is -2.40. The molecule has 104 valence electrons. The van der Waals surface area contributed by atoms with Gasteiger partial charge in [-0.1, -0.05) is 6.92 Å². The van der Waals surface area contributed by atoms with Gasteiger partial charge in [-0.05, 0) is 19.3 Å². The van der Waals surface area contributed by atoms with Crippen LogP contribution in [0.3, 0.4) is 0 Å². The molecule has 0 aromatic carbocycles. The molecule has 18 heavy (non-hydrogen) atoms. The third-order valence-electron chi connectivity index (χ3n) is 3.28. The van der Waals surface area contributed by atoms with Crippen LogP contribution in [0.15, 0.2) is 0 Å². The van der Waals surface area contributed by atoms with Crippen molar-refractivity contribution in [2.75, 3.05) is 20.2 Å². The van der Waals surface area contributed by atoms with Gasteiger partial charge < -0.3 is 20.5 Å². The first-order valence-electron chi connectivity index (χ1n) is 6.31. The zero-order valence-corrected chi connectivity index (χ0v) is 10.9. The molecule has 6 heteroatoms. The highest BCUT2D eigenvalue weighted by Gasteiger charge is 2.28. The molecule has 0 aromatic heterocycles. The second-order valence-electron chi connectivity index (χ2n) is 4.73. The minimum atomic E-state index is -0.790. The van der Waals surface area contributed by atoms with Crippen LogP contribution >= 0.6 is 0 Å². The van der Waals surface area contributed by atoms with E-state index in [9.17, 15) is 9.59 Å². The number of hydrogen-bond acceptors (Lipinski definition) is 4. The number of carbonyl (C=O) groups excluding carboxylic acids is 1. The summed E-state index contributed by atoms with van der Waals surface area (Å²) in [6.07, 6.45) is 2.05. The van der Waals surface area contributed by atoms with Gasteiger partial charge in [0.15, 0.2) is 0 Å². The van der Waals surface area contributed by atoms with Gasteiger partial charge in [-0.2, -0.15) is 0 Å². The SMILES string of the molecule is COC1CNC(C(=O)NCCCC(C)C(=O)O)C1. The van der Waals surface area contributed by atoms with Crippen LogP contribution < -0.4 is 10.6 Å². The minimum Gasteiger partial charge on any atom is -0.481 e. The fourth-order valence-electron chi connectivity index (χ4n) is 1.95. The van der Waals surface area contributed by atoms with Gasteiger partial charge >= 0.3 is 5.97 Å². The largest absolute Gasteiger partial charge is 0.481 e. The normalized spacial score (nSPS) is 24.8. The van der Waals surface area contributed by atoms with E-state index >= 15 is 0 Å². The lowest BCUT2D eigenvalue weighted by atomic mass is 10.1. The maximum Gasteiger partial charge on any atom is 0.306 e. The van der Waals surface area contributed by atoms with Crippen molar-refractivity contribution < 1.29 is 19.4 Å². The Kier molecular flexibility index (Phi) is 6.07. The number of carboxylic acid groups (broad SMARTS) is 1. The molecule has 0 bridgehead atoms. The van der Waals surface area contributed by atoms with E-state index in [1.165, 1.54) is 0 Å². The quantitative estimate of drug-likeness (QED) is 0.559. The highest BCUT2D eigenvalue weighted by atomic mass is 16.5. The van der Waals surface area contributed by atoms with Crippen molar-refractivity contribution >= 4 is 11.9 Å². The smallest absolute Gasteiger partial charge is 0.306 e. The van der Waals surface area contributed by atoms with E-state index in [1.807, 2.05) is 0 Å². The average Bonchev–Trinajstić information content (AvgIpc) is 2.82. The summed E-state index contributed by atoms with van der Waals surface area (Å²) in [5.41, 5.74) is 0. The van der Waals surface area contributed by atoms with Crippen LogP contribution in [0.5, 0.6) is 0 Å². The van der Waals surface area contributed by atoms with Crippen molar-refractivity contribution in [1.82, 2.24) is 10.6 Å². The standard InChI is InChI=1S/C12H22N2O4/c1-8(12(16)17)4-3-5-13-11(15)10-6-9(18-2)7-14-10/h8-10,14H,3-7H2,1-2H3,(H,13,15)(H,16,17). The zero-order valence-electron chi connectivity index (χ0n) is 10.9. The first-order valence-corrected chi connectivity index (χ1v) is 6.31. The van der Waals surface area contributed by atoms with E-state index in [0.717, 1.165) is 0 Å². The Morgan fingerprint density at radius 3 is 2.83 bits per heavy atom. The number of methoxy groups -OCH3 is 1. The molecule has 1 rings (SSSR count). The molecule has 0 spiro atoms. The molecular weight excluding hydrogens is 236 g/mol. The van der Waals surface area contributed by atoms with Crippen LogP contribution in [0.1, 0.15) is 26.2 Å². The molecule has 3 atom stereocenters. The van der Waals surface area contributed by atoms with Gasteiger partial charge in [0.05, 0.1) is 18.1 Å². The second kappa shape index (κ2) is 7.33. The molecule has 1 aliphatic rings. The Labute approximate surface area is 107 Å². The summed E-state index contributed by atoms with van der Waals surface area (Å²) < 4.78 is 5.17. The molecule has 3 unspecified atom stereocenters. The lowest BCUT2D eigenvalue weighted by Gasteiger charge is -2.12. The van der Waals surface area contributed by atoms with Crippen LogP contribution in [0.25, 0.3) is 0 Å². The first-order chi connectivity index (χ1) is 8.54. The molecule has 0 aromatic rings. The van der Waals surface area contributed by atoms with Crippen molar-refractivity contribution in [3.63, 3.8) is 0 Å². The number of carboxylic acids is 1. The third kappa shape index (κ3) is 4.62. The summed E-state index contributed by atoms with van der Waals surface area (Å²) in [7, 11) is 1.64. The molecular formula is C12H22N2O4. The fourth-order valence-corrected chi connectivity index (χ4v) is 1.95. The predicted octanol–water partition coefficient (Wildman–Crippen LogP) is -0.0196. The number of hydrogen-bond donors (Lipinski definition) is 3. The van der Waals surface area contributed by atoms with Crippen LogP contribution in [-0.4, -0.2) is 49.3 Å². The molecule has 1 amide bonds. The van der Waals surface area contributed by atoms with E-state index in [-0.39, 0.29) is 24.0 Å². The molecule has 6 nitrogen and oxygen atoms in total. The van der Waals surface area contributed by atoms with Crippen molar-refractivity contribution in [3.8, 4) is 0 Å². The second-order valence-corrected chi connectivity index (χ2v) is 4.73. The zero-order chi connectivity index (χ0) is 13.5. The maximum atomic E-state index is 11.7. The highest BCUT2D eigenvalue weighted by molar-refractivity contribution is 5.82. The van der Waals surface area contributed by atoms with Crippen molar-refractivity contribution in [1.29, 1.82) is 0 Å². The Morgan fingerprint density at radius 2 is 2.28 bits per heavy atom. The predicted molar refractivity (Wildman–Crippen MR) is 66.2 cm³/mol. The van der Waals surface area contributed by atoms with Crippen LogP contribution in [-0.2, 0) is 14.3 Å². The van der Waals surface area contributed by atoms with Crippen molar-refractivity contribution in [2.24, 2.45) is 5.92 Å². The number of carbonyl (C=O) groups is 2. The first kappa shape index (κ1) is 14.9. The monoisotopic (exact) mass is 258 g/mol. The number of rotatable bonds is 7. The van der Waals surface area contributed by atoms with Gasteiger partial charge in [0.2, 0.25) is 5.91 Å². The van der Waals surface area contributed by atoms with E-state index < -0.39 is 5.97 Å². The van der Waals surface area contributed by atoms with Gasteiger partial charge in [-0.3, -0.25) is 9.59 Å². The molecule has 0 aliphatic carbocycles. The Balaban J connectivity index is 2.12. The molecule has 1 fully saturated rings. The molecule has 0 saturated carbocycles. The van der Waals surface area contributed by atoms with E-state index in [0.29, 0.717) is 32.4 Å². The molecule has 1 saturated heterocycles. The Hall–Kier alpha value is -1.14. The summed E-state index contributed by atoms with van der Waals surface area (Å²) in [5, 5.41) is 14.6. The number of nitrogens with one attached hydrogen (secondary N) is 2. The summed E-state index contributed by atoms with van der Waals surface area (Å²) >= 11 is 0. The molecule has 0 radical (unpaired) electrons. The summed E-state index contributed by atoms with van der Waals surface area (Å²) in [6, 6.07) is -0.188. The lowest BCUT2D eigenvalue weighted by molar-refractivity contribution is -0.141. The number of aliphatic carboxylic acids is 1. The number of ether oxygens (including phenoxy) is 1. The Morgan fingerprint density at radius 1 is 1.56 bits per heavy atom. The highest BCUT2D eigenvalue weighted by Crippen LogP contribution is 2.09. The summed E-state index contributed by atoms with van der Waals surface area (Å²) in [6.45, 7) is 2.89. The van der Waals surface area contributed by atoms with Gasteiger partial charge in [0.25, 0.3) is 0 Å². The minimum absolute atomic E-state index is 0.0301. The van der Waals surface area contributed by atoms with Gasteiger partial charge in [0, 0.05) is 20.2 Å².